The fourth-order valence-electron chi connectivity index (χ4n) is 6.20. The highest BCUT2D eigenvalue weighted by atomic mass is 28.4. The Morgan fingerprint density at radius 3 is 0.917 bits per heavy atom. The maximum Gasteiger partial charge on any atom is 0.380 e. The predicted octanol–water partition coefficient (Wildman–Crippen LogP) is 5.89. The highest BCUT2D eigenvalue weighted by Crippen LogP contribution is 2.14. The summed E-state index contributed by atoms with van der Waals surface area (Å²) < 4.78 is 14.0. The molecule has 0 saturated carbocycles. The molecule has 0 aliphatic heterocycles. The summed E-state index contributed by atoms with van der Waals surface area (Å²) >= 11 is 0. The first-order chi connectivity index (χ1) is 23.7. The van der Waals surface area contributed by atoms with Gasteiger partial charge in [0.05, 0.1) is 5.71 Å². The van der Waals surface area contributed by atoms with Crippen molar-refractivity contribution in [3.8, 4) is 0 Å². The van der Waals surface area contributed by atoms with E-state index in [2.05, 4.69) is 153 Å². The fourth-order valence-corrected chi connectivity index (χ4v) is 13.3. The van der Waals surface area contributed by atoms with Crippen LogP contribution in [0.25, 0.3) is 0 Å². The van der Waals surface area contributed by atoms with E-state index in [9.17, 15) is 0 Å². The number of hydrogen-bond acceptors (Lipinski definition) is 4. The molecule has 0 N–H and O–H groups in total. The monoisotopic (exact) mass is 660 g/mol. The number of hydrogen-bond donors (Lipinski definition) is 0. The van der Waals surface area contributed by atoms with E-state index < -0.39 is 16.6 Å². The lowest BCUT2D eigenvalue weighted by molar-refractivity contribution is 0.343. The summed E-state index contributed by atoms with van der Waals surface area (Å²) in [7, 11) is -6.10. The second-order valence-electron chi connectivity index (χ2n) is 11.7. The third-order valence-corrected chi connectivity index (χ3v) is 16.2. The van der Waals surface area contributed by atoms with Gasteiger partial charge in [0, 0.05) is 0 Å². The molecule has 6 rings (SSSR count). The van der Waals surface area contributed by atoms with Crippen LogP contribution in [0.2, 0.25) is 0 Å². The van der Waals surface area contributed by atoms with Crippen LogP contribution in [-0.4, -0.2) is 28.1 Å². The summed E-state index contributed by atoms with van der Waals surface area (Å²) in [5, 5.41) is 16.7. The molecule has 0 aliphatic rings. The second-order valence-corrected chi connectivity index (χ2v) is 18.3. The first kappa shape index (κ1) is 32.6. The zero-order valence-corrected chi connectivity index (χ0v) is 29.4. The van der Waals surface area contributed by atoms with Crippen LogP contribution in [0.1, 0.15) is 26.7 Å². The Morgan fingerprint density at radius 1 is 0.417 bits per heavy atom. The Morgan fingerprint density at radius 2 is 0.667 bits per heavy atom. The molecule has 0 saturated heterocycles. The van der Waals surface area contributed by atoms with Crippen LogP contribution in [0.5, 0.6) is 0 Å². The molecule has 0 bridgehead atoms. The molecule has 0 radical (unpaired) electrons. The van der Waals surface area contributed by atoms with Crippen molar-refractivity contribution in [3.63, 3.8) is 0 Å². The Labute approximate surface area is 286 Å². The van der Waals surface area contributed by atoms with Gasteiger partial charge in [0.25, 0.3) is 0 Å². The molecule has 0 aliphatic carbocycles. The van der Waals surface area contributed by atoms with Gasteiger partial charge in [-0.15, -0.1) is 10.3 Å². The van der Waals surface area contributed by atoms with Gasteiger partial charge >= 0.3 is 16.6 Å². The summed E-state index contributed by atoms with van der Waals surface area (Å²) in [5.74, 6) is 0. The van der Waals surface area contributed by atoms with Crippen molar-refractivity contribution in [1.29, 1.82) is 0 Å². The molecule has 4 nitrogen and oxygen atoms in total. The molecule has 48 heavy (non-hydrogen) atoms. The van der Waals surface area contributed by atoms with Crippen LogP contribution >= 0.6 is 0 Å². The molecular weight excluding hydrogens is 621 g/mol. The summed E-state index contributed by atoms with van der Waals surface area (Å²) in [6.45, 7) is 4.13. The minimum absolute atomic E-state index is 0.693. The molecule has 238 valence electrons. The Kier molecular flexibility index (Phi) is 10.6. The first-order valence-corrected chi connectivity index (χ1v) is 20.3. The smallest absolute Gasteiger partial charge is 0.380 e. The van der Waals surface area contributed by atoms with Crippen LogP contribution in [-0.2, 0) is 9.05 Å². The number of nitrogens with zero attached hydrogens (tertiary/aromatic N) is 2. The SMILES string of the molecule is CCCC(=N\O[Si](c1ccccc1)(c1ccccc1)c1ccccc1)/C(C)=N/O[Si](c1ccccc1)(c1ccccc1)c1ccccc1. The van der Waals surface area contributed by atoms with Gasteiger partial charge in [0.2, 0.25) is 0 Å². The summed E-state index contributed by atoms with van der Waals surface area (Å²) in [4.78, 5) is 0. The molecule has 0 heterocycles. The zero-order valence-electron chi connectivity index (χ0n) is 27.4. The van der Waals surface area contributed by atoms with Crippen molar-refractivity contribution in [3.05, 3.63) is 182 Å². The lowest BCUT2D eigenvalue weighted by Crippen LogP contribution is -2.68. The van der Waals surface area contributed by atoms with Gasteiger partial charge in [0.1, 0.15) is 5.71 Å². The Balaban J connectivity index is 1.48. The molecule has 0 spiro atoms. The van der Waals surface area contributed by atoms with E-state index in [-0.39, 0.29) is 0 Å². The third kappa shape index (κ3) is 6.72. The van der Waals surface area contributed by atoms with Crippen molar-refractivity contribution in [1.82, 2.24) is 0 Å². The fraction of sp³-hybridized carbons (Fsp3) is 0.0952. The lowest BCUT2D eigenvalue weighted by atomic mass is 10.1. The maximum absolute atomic E-state index is 7.01. The molecule has 6 heteroatoms. The molecule has 0 atom stereocenters. The molecular formula is C42H40N2O2Si2. The van der Waals surface area contributed by atoms with Gasteiger partial charge in [-0.3, -0.25) is 0 Å². The largest absolute Gasteiger partial charge is 0.438 e. The van der Waals surface area contributed by atoms with Crippen LogP contribution in [0.4, 0.5) is 0 Å². The van der Waals surface area contributed by atoms with Crippen LogP contribution in [0, 0.1) is 0 Å². The quantitative estimate of drug-likeness (QED) is 0.0672. The van der Waals surface area contributed by atoms with Crippen molar-refractivity contribution < 1.29 is 9.05 Å². The van der Waals surface area contributed by atoms with Gasteiger partial charge in [0.15, 0.2) is 0 Å². The summed E-state index contributed by atoms with van der Waals surface area (Å²) in [6.07, 6.45) is 1.57. The molecule has 6 aromatic rings. The number of rotatable bonds is 13. The Bertz CT molecular complexity index is 1730. The molecule has 0 fully saturated rings. The van der Waals surface area contributed by atoms with E-state index in [1.54, 1.807) is 0 Å². The predicted molar refractivity (Wildman–Crippen MR) is 206 cm³/mol. The van der Waals surface area contributed by atoms with Crippen molar-refractivity contribution in [2.45, 2.75) is 26.7 Å². The van der Waals surface area contributed by atoms with Crippen molar-refractivity contribution >= 4 is 59.2 Å². The summed E-state index contributed by atoms with van der Waals surface area (Å²) in [5.41, 5.74) is 1.47. The molecule has 0 unspecified atom stereocenters. The zero-order chi connectivity index (χ0) is 33.1. The van der Waals surface area contributed by atoms with Crippen LogP contribution in [0.15, 0.2) is 192 Å². The standard InChI is InChI=1S/C42H40N2O2Si2/c1-3-22-42(44-46-48(39-29-16-7-17-30-39,40-31-18-8-19-32-40)41-33-20-9-21-34-41)35(2)43-45-47(36-23-10-4-11-24-36,37-25-12-5-13-26-37)38-27-14-6-15-28-38/h4-21,23-34H,3,22H2,1-2H3/b43-35+,44-42+. The van der Waals surface area contributed by atoms with E-state index >= 15 is 0 Å². The van der Waals surface area contributed by atoms with Crippen molar-refractivity contribution in [2.24, 2.45) is 10.3 Å². The minimum atomic E-state index is -3.05. The van der Waals surface area contributed by atoms with Gasteiger partial charge in [-0.25, -0.2) is 0 Å². The van der Waals surface area contributed by atoms with E-state index in [1.165, 1.54) is 0 Å². The maximum atomic E-state index is 7.01. The number of benzene rings is 6. The van der Waals surface area contributed by atoms with E-state index in [4.69, 9.17) is 19.4 Å². The first-order valence-electron chi connectivity index (χ1n) is 16.5. The van der Waals surface area contributed by atoms with Crippen molar-refractivity contribution in [2.75, 3.05) is 0 Å². The highest BCUT2D eigenvalue weighted by Gasteiger charge is 2.46. The average molecular weight is 661 g/mol. The minimum Gasteiger partial charge on any atom is -0.438 e. The Hall–Kier alpha value is -5.31. The average Bonchev–Trinajstić information content (AvgIpc) is 3.17. The van der Waals surface area contributed by atoms with E-state index in [1.807, 2.05) is 43.3 Å². The second kappa shape index (κ2) is 15.5. The van der Waals surface area contributed by atoms with Gasteiger partial charge < -0.3 is 9.05 Å². The van der Waals surface area contributed by atoms with E-state index in [0.717, 1.165) is 43.3 Å². The number of oxime groups is 2. The highest BCUT2D eigenvalue weighted by molar-refractivity contribution is 7.07. The summed E-state index contributed by atoms with van der Waals surface area (Å²) in [6, 6.07) is 63.0. The molecule has 6 aromatic carbocycles. The molecule has 0 aromatic heterocycles. The lowest BCUT2D eigenvalue weighted by Gasteiger charge is -2.31. The normalized spacial score (nSPS) is 12.4. The van der Waals surface area contributed by atoms with Crippen LogP contribution in [0.3, 0.4) is 0 Å². The van der Waals surface area contributed by atoms with E-state index in [0.29, 0.717) is 12.1 Å². The van der Waals surface area contributed by atoms with Gasteiger partial charge in [-0.1, -0.05) is 195 Å². The van der Waals surface area contributed by atoms with Crippen LogP contribution < -0.4 is 31.1 Å². The van der Waals surface area contributed by atoms with Gasteiger partial charge in [-0.2, -0.15) is 0 Å². The molecule has 0 amide bonds. The topological polar surface area (TPSA) is 43.2 Å². The van der Waals surface area contributed by atoms with Gasteiger partial charge in [-0.05, 0) is 44.5 Å². The third-order valence-electron chi connectivity index (χ3n) is 8.60.